The molecular formula is C7H16N3+. The molecule has 0 aromatic carbocycles. The Labute approximate surface area is 63.0 Å². The molecule has 0 bridgehead atoms. The van der Waals surface area contributed by atoms with E-state index in [1.54, 1.807) is 17.3 Å². The molecule has 0 atom stereocenters. The van der Waals surface area contributed by atoms with Crippen molar-refractivity contribution in [1.82, 2.24) is 0 Å². The van der Waals surface area contributed by atoms with Crippen LogP contribution in [0.2, 0.25) is 0 Å². The van der Waals surface area contributed by atoms with Crippen molar-refractivity contribution in [2.45, 2.75) is 0 Å². The maximum absolute atomic E-state index is 3.91. The Kier molecular flexibility index (Phi) is 7.22. The van der Waals surface area contributed by atoms with Gasteiger partial charge in [0.2, 0.25) is 0 Å². The van der Waals surface area contributed by atoms with Crippen molar-refractivity contribution < 1.29 is 9.15 Å². The summed E-state index contributed by atoms with van der Waals surface area (Å²) in [4.78, 5) is 3.91. The molecule has 0 aromatic heterocycles. The molecule has 0 unspecified atom stereocenters. The molecule has 58 valence electrons. The molecule has 10 heavy (non-hydrogen) atoms. The lowest BCUT2D eigenvalue weighted by molar-refractivity contribution is -0.460. The second kappa shape index (κ2) is 6.13. The average Bonchev–Trinajstić information content (AvgIpc) is 1.63. The zero-order chi connectivity index (χ0) is 7.28. The smallest absolute Gasteiger partial charge is 0.289 e. The molecule has 3 nitrogen and oxygen atoms in total. The van der Waals surface area contributed by atoms with E-state index in [1.807, 2.05) is 25.7 Å². The minimum atomic E-state index is 0. The van der Waals surface area contributed by atoms with Gasteiger partial charge in [-0.05, 0) is 4.99 Å². The highest BCUT2D eigenvalue weighted by molar-refractivity contribution is 5.64. The van der Waals surface area contributed by atoms with Crippen LogP contribution in [0.1, 0.15) is 0 Å². The fourth-order valence-corrected chi connectivity index (χ4v) is 0.277. The summed E-state index contributed by atoms with van der Waals surface area (Å²) in [6.45, 7) is 3.58. The first-order valence-corrected chi connectivity index (χ1v) is 2.69. The minimum absolute atomic E-state index is 0. The first-order chi connectivity index (χ1) is 4.13. The van der Waals surface area contributed by atoms with Crippen LogP contribution in [0.4, 0.5) is 0 Å². The molecule has 0 N–H and O–H groups in total. The largest absolute Gasteiger partial charge is 0.358 e. The Morgan fingerprint density at radius 3 is 2.10 bits per heavy atom. The van der Waals surface area contributed by atoms with Gasteiger partial charge in [0.15, 0.2) is 0 Å². The number of rotatable bonds is 2. The Balaban J connectivity index is 0. The lowest BCUT2D eigenvalue weighted by atomic mass is 11.0. The molecule has 0 radical (unpaired) electrons. The van der Waals surface area contributed by atoms with Crippen molar-refractivity contribution >= 4 is 19.4 Å². The van der Waals surface area contributed by atoms with Crippen LogP contribution in [0.25, 0.3) is 0 Å². The van der Waals surface area contributed by atoms with Gasteiger partial charge >= 0.3 is 0 Å². The molecular weight excluding hydrogens is 126 g/mol. The lowest BCUT2D eigenvalue weighted by Gasteiger charge is -1.79. The standard InChI is InChI=1S/C6H13N3.CH3/c1-8(2)5-7-6-9(3)4;/h5-6H,1H2,2-4H3;1H3/q+2;-1. The molecule has 0 aromatic rings. The highest BCUT2D eigenvalue weighted by Crippen LogP contribution is 1.57. The van der Waals surface area contributed by atoms with Crippen LogP contribution in [0.15, 0.2) is 4.99 Å². The quantitative estimate of drug-likeness (QED) is 0.225. The van der Waals surface area contributed by atoms with Gasteiger partial charge in [-0.15, -0.1) is 0 Å². The van der Waals surface area contributed by atoms with E-state index >= 15 is 0 Å². The van der Waals surface area contributed by atoms with E-state index in [4.69, 9.17) is 0 Å². The lowest BCUT2D eigenvalue weighted by Crippen LogP contribution is -2.00. The Morgan fingerprint density at radius 2 is 1.80 bits per heavy atom. The third kappa shape index (κ3) is 10.1. The zero-order valence-electron chi connectivity index (χ0n) is 7.20. The van der Waals surface area contributed by atoms with E-state index in [1.165, 1.54) is 0 Å². The highest BCUT2D eigenvalue weighted by Gasteiger charge is 1.80. The third-order valence-corrected chi connectivity index (χ3v) is 0.561. The second-order valence-electron chi connectivity index (χ2n) is 2.10. The van der Waals surface area contributed by atoms with Crippen LogP contribution in [0.3, 0.4) is 0 Å². The van der Waals surface area contributed by atoms with Gasteiger partial charge in [0.1, 0.15) is 0 Å². The van der Waals surface area contributed by atoms with E-state index in [-0.39, 0.29) is 7.43 Å². The second-order valence-corrected chi connectivity index (χ2v) is 2.10. The van der Waals surface area contributed by atoms with Crippen LogP contribution in [0, 0.1) is 7.43 Å². The van der Waals surface area contributed by atoms with Gasteiger partial charge in [0.05, 0.1) is 27.9 Å². The van der Waals surface area contributed by atoms with Gasteiger partial charge in [-0.3, -0.25) is 4.58 Å². The first-order valence-electron chi connectivity index (χ1n) is 2.69. The molecule has 0 aliphatic rings. The summed E-state index contributed by atoms with van der Waals surface area (Å²) in [5.41, 5.74) is 0. The molecule has 0 heterocycles. The van der Waals surface area contributed by atoms with Gasteiger partial charge in [-0.1, -0.05) is 0 Å². The Morgan fingerprint density at radius 1 is 1.30 bits per heavy atom. The van der Waals surface area contributed by atoms with Gasteiger partial charge < -0.3 is 7.43 Å². The Bertz CT molecular complexity index is 152. The predicted molar refractivity (Wildman–Crippen MR) is 46.4 cm³/mol. The SMILES string of the molecule is C=[N+](C)C=NC=[N+](C)C.[CH3-]. The molecule has 0 saturated carbocycles. The highest BCUT2D eigenvalue weighted by atomic mass is 15.0. The van der Waals surface area contributed by atoms with Gasteiger partial charge in [0, 0.05) is 0 Å². The van der Waals surface area contributed by atoms with Crippen LogP contribution < -0.4 is 0 Å². The van der Waals surface area contributed by atoms with Gasteiger partial charge in [0.25, 0.3) is 12.7 Å². The molecule has 0 fully saturated rings. The number of hydrogen-bond donors (Lipinski definition) is 0. The molecule has 0 saturated heterocycles. The summed E-state index contributed by atoms with van der Waals surface area (Å²) >= 11 is 0. The van der Waals surface area contributed by atoms with Crippen molar-refractivity contribution in [3.05, 3.63) is 7.43 Å². The van der Waals surface area contributed by atoms with Gasteiger partial charge in [-0.2, -0.15) is 0 Å². The summed E-state index contributed by atoms with van der Waals surface area (Å²) in [5.74, 6) is 0. The summed E-state index contributed by atoms with van der Waals surface area (Å²) in [7, 11) is 5.66. The average molecular weight is 142 g/mol. The van der Waals surface area contributed by atoms with Crippen molar-refractivity contribution in [2.24, 2.45) is 4.99 Å². The van der Waals surface area contributed by atoms with E-state index < -0.39 is 0 Å². The molecule has 0 spiro atoms. The molecule has 0 aliphatic heterocycles. The zero-order valence-corrected chi connectivity index (χ0v) is 7.20. The molecule has 0 amide bonds. The van der Waals surface area contributed by atoms with Crippen molar-refractivity contribution in [2.75, 3.05) is 21.1 Å². The molecule has 0 aliphatic carbocycles. The fourth-order valence-electron chi connectivity index (χ4n) is 0.277. The van der Waals surface area contributed by atoms with Crippen LogP contribution in [0.5, 0.6) is 0 Å². The number of hydrogen-bond acceptors (Lipinski definition) is 0. The number of nitrogens with zero attached hydrogens (tertiary/aromatic N) is 3. The topological polar surface area (TPSA) is 18.4 Å². The van der Waals surface area contributed by atoms with Crippen LogP contribution >= 0.6 is 0 Å². The summed E-state index contributed by atoms with van der Waals surface area (Å²) in [6, 6.07) is 0. The summed E-state index contributed by atoms with van der Waals surface area (Å²) in [5, 5.41) is 0. The summed E-state index contributed by atoms with van der Waals surface area (Å²) < 4.78 is 3.50. The van der Waals surface area contributed by atoms with Crippen molar-refractivity contribution in [3.8, 4) is 0 Å². The van der Waals surface area contributed by atoms with Crippen LogP contribution in [-0.2, 0) is 0 Å². The maximum Gasteiger partial charge on any atom is 0.289 e. The first kappa shape index (κ1) is 11.8. The van der Waals surface area contributed by atoms with E-state index in [0.29, 0.717) is 0 Å². The predicted octanol–water partition coefficient (Wildman–Crippen LogP) is 0.108. The van der Waals surface area contributed by atoms with Crippen LogP contribution in [-0.4, -0.2) is 49.7 Å². The Hall–Kier alpha value is -0.990. The summed E-state index contributed by atoms with van der Waals surface area (Å²) in [6.07, 6.45) is 3.35. The van der Waals surface area contributed by atoms with Crippen molar-refractivity contribution in [1.29, 1.82) is 0 Å². The minimum Gasteiger partial charge on any atom is -0.358 e. The maximum atomic E-state index is 3.91. The van der Waals surface area contributed by atoms with E-state index in [0.717, 1.165) is 0 Å². The van der Waals surface area contributed by atoms with E-state index in [2.05, 4.69) is 11.7 Å². The molecule has 0 rings (SSSR count). The number of aliphatic imine (C=N–C) groups is 1. The van der Waals surface area contributed by atoms with Gasteiger partial charge in [-0.25, -0.2) is 4.58 Å². The van der Waals surface area contributed by atoms with Crippen molar-refractivity contribution in [3.63, 3.8) is 0 Å². The molecule has 3 heteroatoms. The van der Waals surface area contributed by atoms with E-state index in [9.17, 15) is 0 Å². The fraction of sp³-hybridized carbons (Fsp3) is 0.429. The third-order valence-electron chi connectivity index (χ3n) is 0.561. The monoisotopic (exact) mass is 142 g/mol. The normalized spacial score (nSPS) is 8.70.